The van der Waals surface area contributed by atoms with E-state index < -0.39 is 0 Å². The fraction of sp³-hybridized carbons (Fsp3) is 0.154. The van der Waals surface area contributed by atoms with Gasteiger partial charge in [-0.15, -0.1) is 0 Å². The van der Waals surface area contributed by atoms with E-state index in [1.165, 1.54) is 12.1 Å². The second-order valence-corrected chi connectivity index (χ2v) is 4.59. The number of hydrogen-bond donors (Lipinski definition) is 0. The van der Waals surface area contributed by atoms with Crippen LogP contribution in [0, 0.1) is 5.82 Å². The number of nitrogens with zero attached hydrogens (tertiary/aromatic N) is 3. The quantitative estimate of drug-likeness (QED) is 0.748. The average molecular weight is 308 g/mol. The predicted molar refractivity (Wildman–Crippen MR) is 71.3 cm³/mol. The Hall–Kier alpha value is -1.62. The topological polar surface area (TPSA) is 37.6 Å². The van der Waals surface area contributed by atoms with Crippen LogP contribution in [-0.4, -0.2) is 4.98 Å². The van der Waals surface area contributed by atoms with Crippen molar-refractivity contribution in [2.45, 2.75) is 13.0 Å². The Bertz CT molecular complexity index is 554. The van der Waals surface area contributed by atoms with Gasteiger partial charge >= 0.3 is 0 Å². The van der Waals surface area contributed by atoms with E-state index in [0.29, 0.717) is 5.69 Å². The molecule has 0 radical (unpaired) electrons. The third-order valence-electron chi connectivity index (χ3n) is 2.36. The minimum Gasteiger partial charge on any atom is -0.258 e. The monoisotopic (exact) mass is 307 g/mol. The van der Waals surface area contributed by atoms with Gasteiger partial charge in [0.2, 0.25) is 0 Å². The van der Waals surface area contributed by atoms with Crippen molar-refractivity contribution in [2.75, 3.05) is 0 Å². The molecular formula is C13H11BrFN3. The molecule has 0 aliphatic heterocycles. The van der Waals surface area contributed by atoms with Crippen molar-refractivity contribution in [1.29, 1.82) is 0 Å². The van der Waals surface area contributed by atoms with Gasteiger partial charge < -0.3 is 0 Å². The number of pyridine rings is 1. The van der Waals surface area contributed by atoms with Crippen LogP contribution in [0.3, 0.4) is 0 Å². The van der Waals surface area contributed by atoms with Crippen molar-refractivity contribution < 1.29 is 4.39 Å². The molecule has 0 bridgehead atoms. The normalized spacial score (nSPS) is 12.8. The zero-order valence-electron chi connectivity index (χ0n) is 9.72. The molecule has 3 nitrogen and oxygen atoms in total. The van der Waals surface area contributed by atoms with Crippen LogP contribution in [0.1, 0.15) is 18.7 Å². The Balaban J connectivity index is 2.14. The van der Waals surface area contributed by atoms with Gasteiger partial charge in [0.1, 0.15) is 11.9 Å². The van der Waals surface area contributed by atoms with Crippen molar-refractivity contribution in [3.63, 3.8) is 0 Å². The lowest BCUT2D eigenvalue weighted by molar-refractivity contribution is 0.627. The number of hydrogen-bond acceptors (Lipinski definition) is 3. The highest BCUT2D eigenvalue weighted by molar-refractivity contribution is 9.10. The first-order chi connectivity index (χ1) is 8.66. The second kappa shape index (κ2) is 5.82. The van der Waals surface area contributed by atoms with Gasteiger partial charge in [0, 0.05) is 10.7 Å². The number of halogens is 2. The van der Waals surface area contributed by atoms with E-state index in [2.05, 4.69) is 31.1 Å². The van der Waals surface area contributed by atoms with Crippen molar-refractivity contribution in [3.05, 3.63) is 58.6 Å². The number of benzene rings is 1. The van der Waals surface area contributed by atoms with Gasteiger partial charge in [-0.05, 0) is 59.3 Å². The van der Waals surface area contributed by atoms with Gasteiger partial charge in [0.25, 0.3) is 0 Å². The zero-order chi connectivity index (χ0) is 13.0. The molecule has 0 saturated heterocycles. The Morgan fingerprint density at radius 2 is 1.94 bits per heavy atom. The van der Waals surface area contributed by atoms with Crippen LogP contribution < -0.4 is 0 Å². The van der Waals surface area contributed by atoms with Crippen LogP contribution in [0.25, 0.3) is 0 Å². The fourth-order valence-electron chi connectivity index (χ4n) is 1.42. The molecule has 0 amide bonds. The third kappa shape index (κ3) is 3.20. The first kappa shape index (κ1) is 12.8. The first-order valence-corrected chi connectivity index (χ1v) is 6.23. The average Bonchev–Trinajstić information content (AvgIpc) is 2.38. The van der Waals surface area contributed by atoms with Gasteiger partial charge in [-0.1, -0.05) is 0 Å². The molecule has 0 aliphatic carbocycles. The molecule has 2 aromatic rings. The summed E-state index contributed by atoms with van der Waals surface area (Å²) in [7, 11) is 0. The Morgan fingerprint density at radius 3 is 2.61 bits per heavy atom. The van der Waals surface area contributed by atoms with Crippen molar-refractivity contribution in [1.82, 2.24) is 4.98 Å². The summed E-state index contributed by atoms with van der Waals surface area (Å²) in [5, 5.41) is 8.23. The van der Waals surface area contributed by atoms with Crippen LogP contribution in [0.4, 0.5) is 10.1 Å². The van der Waals surface area contributed by atoms with Crippen molar-refractivity contribution in [3.8, 4) is 0 Å². The Morgan fingerprint density at radius 1 is 1.22 bits per heavy atom. The standard InChI is InChI=1S/C13H11BrFN3/c1-9(13-12(14)3-2-8-16-13)17-18-11-6-4-10(15)5-7-11/h2-9H,1H3. The molecule has 1 heterocycles. The van der Waals surface area contributed by atoms with Crippen molar-refractivity contribution >= 4 is 21.6 Å². The van der Waals surface area contributed by atoms with Crippen LogP contribution in [-0.2, 0) is 0 Å². The molecule has 18 heavy (non-hydrogen) atoms. The molecular weight excluding hydrogens is 297 g/mol. The predicted octanol–water partition coefficient (Wildman–Crippen LogP) is 4.83. The van der Waals surface area contributed by atoms with E-state index >= 15 is 0 Å². The number of rotatable bonds is 3. The van der Waals surface area contributed by atoms with Gasteiger partial charge in [0.05, 0.1) is 11.4 Å². The summed E-state index contributed by atoms with van der Waals surface area (Å²) in [6.45, 7) is 1.90. The maximum Gasteiger partial charge on any atom is 0.123 e. The number of azo groups is 1. The maximum atomic E-state index is 12.7. The minimum absolute atomic E-state index is 0.161. The van der Waals surface area contributed by atoms with E-state index in [4.69, 9.17) is 0 Å². The number of aromatic nitrogens is 1. The minimum atomic E-state index is -0.283. The highest BCUT2D eigenvalue weighted by atomic mass is 79.9. The summed E-state index contributed by atoms with van der Waals surface area (Å²) >= 11 is 3.42. The van der Waals surface area contributed by atoms with Crippen LogP contribution >= 0.6 is 15.9 Å². The highest BCUT2D eigenvalue weighted by Gasteiger charge is 2.08. The highest BCUT2D eigenvalue weighted by Crippen LogP contribution is 2.24. The van der Waals surface area contributed by atoms with Crippen LogP contribution in [0.5, 0.6) is 0 Å². The van der Waals surface area contributed by atoms with E-state index in [1.807, 2.05) is 19.1 Å². The molecule has 1 aromatic carbocycles. The second-order valence-electron chi connectivity index (χ2n) is 3.74. The smallest absolute Gasteiger partial charge is 0.123 e. The molecule has 1 unspecified atom stereocenters. The Labute approximate surface area is 113 Å². The lowest BCUT2D eigenvalue weighted by Crippen LogP contribution is -1.93. The van der Waals surface area contributed by atoms with Crippen molar-refractivity contribution in [2.24, 2.45) is 10.2 Å². The van der Waals surface area contributed by atoms with Gasteiger partial charge in [0.15, 0.2) is 0 Å². The van der Waals surface area contributed by atoms with E-state index in [-0.39, 0.29) is 11.9 Å². The van der Waals surface area contributed by atoms with Gasteiger partial charge in [-0.25, -0.2) is 4.39 Å². The lowest BCUT2D eigenvalue weighted by Gasteiger charge is -2.05. The molecule has 0 fully saturated rings. The molecule has 0 aliphatic rings. The van der Waals surface area contributed by atoms with Crippen LogP contribution in [0.15, 0.2) is 57.3 Å². The summed E-state index contributed by atoms with van der Waals surface area (Å²) in [6, 6.07) is 9.47. The summed E-state index contributed by atoms with van der Waals surface area (Å²) in [5.41, 5.74) is 1.44. The largest absolute Gasteiger partial charge is 0.258 e. The molecule has 92 valence electrons. The molecule has 1 atom stereocenters. The lowest BCUT2D eigenvalue weighted by atomic mass is 10.2. The molecule has 2 rings (SSSR count). The van der Waals surface area contributed by atoms with E-state index in [1.54, 1.807) is 18.3 Å². The third-order valence-corrected chi connectivity index (χ3v) is 3.03. The molecule has 0 saturated carbocycles. The van der Waals surface area contributed by atoms with E-state index in [0.717, 1.165) is 10.2 Å². The summed E-state index contributed by atoms with van der Waals surface area (Å²) in [6.07, 6.45) is 1.71. The SMILES string of the molecule is CC(N=Nc1ccc(F)cc1)c1ncccc1Br. The summed E-state index contributed by atoms with van der Waals surface area (Å²) in [4.78, 5) is 4.24. The van der Waals surface area contributed by atoms with Gasteiger partial charge in [-0.3, -0.25) is 4.98 Å². The molecule has 0 N–H and O–H groups in total. The molecule has 0 spiro atoms. The fourth-order valence-corrected chi connectivity index (χ4v) is 2.01. The zero-order valence-corrected chi connectivity index (χ0v) is 11.3. The maximum absolute atomic E-state index is 12.7. The molecule has 1 aromatic heterocycles. The van der Waals surface area contributed by atoms with Gasteiger partial charge in [-0.2, -0.15) is 10.2 Å². The first-order valence-electron chi connectivity index (χ1n) is 5.43. The Kier molecular flexibility index (Phi) is 4.15. The molecule has 5 heteroatoms. The summed E-state index contributed by atoms with van der Waals surface area (Å²) < 4.78 is 13.6. The summed E-state index contributed by atoms with van der Waals surface area (Å²) in [5.74, 6) is -0.283. The van der Waals surface area contributed by atoms with E-state index in [9.17, 15) is 4.39 Å². The van der Waals surface area contributed by atoms with Crippen LogP contribution in [0.2, 0.25) is 0 Å².